The first-order chi connectivity index (χ1) is 10.8. The molecule has 0 saturated carbocycles. The minimum absolute atomic E-state index is 0.199. The van der Waals surface area contributed by atoms with Gasteiger partial charge in [0.05, 0.1) is 6.61 Å². The van der Waals surface area contributed by atoms with Gasteiger partial charge in [-0.15, -0.1) is 0 Å². The van der Waals surface area contributed by atoms with Crippen LogP contribution in [0.25, 0.3) is 0 Å². The summed E-state index contributed by atoms with van der Waals surface area (Å²) in [6.45, 7) is 11.0. The highest BCUT2D eigenvalue weighted by atomic mass is 16.9. The molecule has 0 aliphatic carbocycles. The Morgan fingerprint density at radius 1 is 0.826 bits per heavy atom. The first-order valence-corrected chi connectivity index (χ1v) is 8.76. The number of hydrogen-bond acceptors (Lipinski definition) is 6. The van der Waals surface area contributed by atoms with E-state index in [0.29, 0.717) is 6.61 Å². The third kappa shape index (κ3) is 3.89. The maximum absolute atomic E-state index is 6.08. The Bertz CT molecular complexity index is 410. The van der Waals surface area contributed by atoms with Gasteiger partial charge >= 0.3 is 0 Å². The summed E-state index contributed by atoms with van der Waals surface area (Å²) in [5.41, 5.74) is 0. The van der Waals surface area contributed by atoms with Crippen LogP contribution in [0.1, 0.15) is 53.9 Å². The smallest absolute Gasteiger partial charge is 0.190 e. The Morgan fingerprint density at radius 3 is 2.22 bits per heavy atom. The molecule has 0 N–H and O–H groups in total. The van der Waals surface area contributed by atoms with Gasteiger partial charge < -0.3 is 28.4 Å². The van der Waals surface area contributed by atoms with E-state index in [1.165, 1.54) is 12.8 Å². The fraction of sp³-hybridized carbons (Fsp3) is 1.00. The van der Waals surface area contributed by atoms with Crippen LogP contribution in [0.15, 0.2) is 0 Å². The first-order valence-electron chi connectivity index (χ1n) is 8.76. The Kier molecular flexibility index (Phi) is 5.03. The van der Waals surface area contributed by atoms with E-state index in [0.717, 1.165) is 13.0 Å². The van der Waals surface area contributed by atoms with E-state index in [4.69, 9.17) is 28.4 Å². The van der Waals surface area contributed by atoms with E-state index in [-0.39, 0.29) is 24.4 Å². The van der Waals surface area contributed by atoms with Crippen LogP contribution < -0.4 is 0 Å². The third-order valence-corrected chi connectivity index (χ3v) is 4.43. The van der Waals surface area contributed by atoms with E-state index in [2.05, 4.69) is 6.92 Å². The second kappa shape index (κ2) is 6.58. The van der Waals surface area contributed by atoms with Gasteiger partial charge in [0.15, 0.2) is 17.9 Å². The SMILES string of the molecule is CCCCCOC[C@@H]1O[C@@H]2OC(C)(C)O[C@@H]2[C@H]2OC(C)(C)O[C@@H]21. The molecule has 0 amide bonds. The van der Waals surface area contributed by atoms with Crippen molar-refractivity contribution in [3.8, 4) is 0 Å². The Labute approximate surface area is 138 Å². The fourth-order valence-corrected chi connectivity index (χ4v) is 3.48. The quantitative estimate of drug-likeness (QED) is 0.698. The van der Waals surface area contributed by atoms with Crippen molar-refractivity contribution in [1.82, 2.24) is 0 Å². The zero-order valence-electron chi connectivity index (χ0n) is 14.9. The summed E-state index contributed by atoms with van der Waals surface area (Å²) in [5.74, 6) is -1.32. The normalized spacial score (nSPS) is 40.8. The molecule has 3 heterocycles. The van der Waals surface area contributed by atoms with Crippen LogP contribution in [0.5, 0.6) is 0 Å². The highest BCUT2D eigenvalue weighted by molar-refractivity contribution is 5.00. The Hall–Kier alpha value is -0.240. The summed E-state index contributed by atoms with van der Waals surface area (Å²) in [4.78, 5) is 0. The van der Waals surface area contributed by atoms with Crippen molar-refractivity contribution in [2.45, 2.75) is 96.2 Å². The fourth-order valence-electron chi connectivity index (χ4n) is 3.48. The lowest BCUT2D eigenvalue weighted by molar-refractivity contribution is -0.243. The number of rotatable bonds is 6. The van der Waals surface area contributed by atoms with Crippen molar-refractivity contribution in [1.29, 1.82) is 0 Å². The molecular weight excluding hydrogens is 300 g/mol. The molecule has 0 bridgehead atoms. The largest absolute Gasteiger partial charge is 0.379 e. The number of unbranched alkanes of at least 4 members (excludes halogenated alkanes) is 2. The molecule has 3 saturated heterocycles. The lowest BCUT2D eigenvalue weighted by Crippen LogP contribution is -2.56. The van der Waals surface area contributed by atoms with Gasteiger partial charge in [0.2, 0.25) is 0 Å². The lowest BCUT2D eigenvalue weighted by atomic mass is 9.99. The van der Waals surface area contributed by atoms with Crippen LogP contribution >= 0.6 is 0 Å². The molecule has 3 rings (SSSR count). The number of ether oxygens (including phenoxy) is 6. The average Bonchev–Trinajstić information content (AvgIpc) is 2.93. The summed E-state index contributed by atoms with van der Waals surface area (Å²) in [5, 5.41) is 0. The minimum atomic E-state index is -0.674. The zero-order chi connectivity index (χ0) is 16.7. The van der Waals surface area contributed by atoms with Gasteiger partial charge in [-0.2, -0.15) is 0 Å². The average molecular weight is 330 g/mol. The summed E-state index contributed by atoms with van der Waals surface area (Å²) in [7, 11) is 0. The highest BCUT2D eigenvalue weighted by Crippen LogP contribution is 2.44. The molecule has 23 heavy (non-hydrogen) atoms. The summed E-state index contributed by atoms with van der Waals surface area (Å²) >= 11 is 0. The van der Waals surface area contributed by atoms with Crippen LogP contribution in [-0.4, -0.2) is 55.5 Å². The van der Waals surface area contributed by atoms with Crippen molar-refractivity contribution >= 4 is 0 Å². The third-order valence-electron chi connectivity index (χ3n) is 4.43. The standard InChI is InChI=1S/C17H30O6/c1-6-7-8-9-18-10-11-12-13(21-16(2,3)20-12)14-15(19-11)23-17(4,5)22-14/h11-15H,6-10H2,1-5H3/t11-,12+,13-,14+,15+/m0/s1. The molecule has 0 aromatic heterocycles. The molecule has 3 fully saturated rings. The Balaban J connectivity index is 1.64. The highest BCUT2D eigenvalue weighted by Gasteiger charge is 2.60. The Morgan fingerprint density at radius 2 is 1.48 bits per heavy atom. The van der Waals surface area contributed by atoms with Gasteiger partial charge in [0.25, 0.3) is 0 Å². The van der Waals surface area contributed by atoms with Gasteiger partial charge in [-0.25, -0.2) is 0 Å². The molecule has 0 spiro atoms. The predicted molar refractivity (Wildman–Crippen MR) is 82.9 cm³/mol. The van der Waals surface area contributed by atoms with Gasteiger partial charge in [-0.3, -0.25) is 0 Å². The molecule has 0 unspecified atom stereocenters. The summed E-state index contributed by atoms with van der Waals surface area (Å²) < 4.78 is 35.8. The number of fused-ring (bicyclic) bond motifs is 3. The predicted octanol–water partition coefficient (Wildman–Crippen LogP) is 2.59. The zero-order valence-corrected chi connectivity index (χ0v) is 14.9. The second-order valence-corrected chi connectivity index (χ2v) is 7.49. The van der Waals surface area contributed by atoms with Gasteiger partial charge in [0.1, 0.15) is 24.4 Å². The van der Waals surface area contributed by atoms with Crippen molar-refractivity contribution in [2.24, 2.45) is 0 Å². The van der Waals surface area contributed by atoms with E-state index in [1.807, 2.05) is 27.7 Å². The van der Waals surface area contributed by atoms with Crippen LogP contribution in [0.2, 0.25) is 0 Å². The topological polar surface area (TPSA) is 55.4 Å². The molecule has 0 aromatic carbocycles. The van der Waals surface area contributed by atoms with Crippen molar-refractivity contribution in [2.75, 3.05) is 13.2 Å². The van der Waals surface area contributed by atoms with Crippen LogP contribution in [0.4, 0.5) is 0 Å². The monoisotopic (exact) mass is 330 g/mol. The van der Waals surface area contributed by atoms with Gasteiger partial charge in [-0.1, -0.05) is 19.8 Å². The maximum atomic E-state index is 6.08. The molecule has 0 aromatic rings. The minimum Gasteiger partial charge on any atom is -0.379 e. The first kappa shape index (κ1) is 17.6. The summed E-state index contributed by atoms with van der Waals surface area (Å²) in [6, 6.07) is 0. The summed E-state index contributed by atoms with van der Waals surface area (Å²) in [6.07, 6.45) is 2.12. The molecule has 134 valence electrons. The molecule has 5 atom stereocenters. The molecular formula is C17H30O6. The van der Waals surface area contributed by atoms with Crippen LogP contribution in [-0.2, 0) is 28.4 Å². The molecule has 0 radical (unpaired) electrons. The van der Waals surface area contributed by atoms with Gasteiger partial charge in [0, 0.05) is 6.61 Å². The molecule has 3 aliphatic rings. The van der Waals surface area contributed by atoms with Crippen LogP contribution in [0.3, 0.4) is 0 Å². The lowest BCUT2D eigenvalue weighted by Gasteiger charge is -2.37. The second-order valence-electron chi connectivity index (χ2n) is 7.49. The number of hydrogen-bond donors (Lipinski definition) is 0. The van der Waals surface area contributed by atoms with Crippen LogP contribution in [0, 0.1) is 0 Å². The molecule has 3 aliphatic heterocycles. The molecule has 6 heteroatoms. The maximum Gasteiger partial charge on any atom is 0.190 e. The van der Waals surface area contributed by atoms with Crippen molar-refractivity contribution < 1.29 is 28.4 Å². The van der Waals surface area contributed by atoms with Gasteiger partial charge in [-0.05, 0) is 34.1 Å². The van der Waals surface area contributed by atoms with E-state index < -0.39 is 17.9 Å². The molecule has 6 nitrogen and oxygen atoms in total. The van der Waals surface area contributed by atoms with E-state index in [1.54, 1.807) is 0 Å². The van der Waals surface area contributed by atoms with E-state index in [9.17, 15) is 0 Å². The van der Waals surface area contributed by atoms with E-state index >= 15 is 0 Å². The van der Waals surface area contributed by atoms with Crippen molar-refractivity contribution in [3.05, 3.63) is 0 Å². The van der Waals surface area contributed by atoms with Crippen molar-refractivity contribution in [3.63, 3.8) is 0 Å².